The van der Waals surface area contributed by atoms with E-state index >= 15 is 0 Å². The number of methoxy groups -OCH3 is 1. The number of aryl methyl sites for hydroxylation is 1. The molecular weight excluding hydrogens is 467 g/mol. The first-order valence-corrected chi connectivity index (χ1v) is 10.8. The molecule has 0 aliphatic carbocycles. The number of aromatic nitrogens is 3. The van der Waals surface area contributed by atoms with Crippen LogP contribution in [-0.2, 0) is 16.6 Å². The van der Waals surface area contributed by atoms with Gasteiger partial charge in [0.25, 0.3) is 0 Å². The Kier molecular flexibility index (Phi) is 7.25. The summed E-state index contributed by atoms with van der Waals surface area (Å²) in [5.74, 6) is -1.83. The highest BCUT2D eigenvalue weighted by atomic mass is 32.1. The number of rotatable bonds is 3. The molecular formula is C19H22F3N5O5S. The van der Waals surface area contributed by atoms with E-state index in [-0.39, 0.29) is 23.8 Å². The maximum absolute atomic E-state index is 12.9. The first kappa shape index (κ1) is 24.5. The monoisotopic (exact) mass is 489 g/mol. The Hall–Kier alpha value is -3.16. The van der Waals surface area contributed by atoms with Crippen molar-refractivity contribution in [3.05, 3.63) is 29.4 Å². The van der Waals surface area contributed by atoms with Gasteiger partial charge in [0.05, 0.1) is 12.6 Å². The lowest BCUT2D eigenvalue weighted by atomic mass is 9.90. The van der Waals surface area contributed by atoms with Crippen molar-refractivity contribution in [1.82, 2.24) is 19.4 Å². The molecule has 180 valence electrons. The predicted molar refractivity (Wildman–Crippen MR) is 110 cm³/mol. The Morgan fingerprint density at radius 2 is 1.82 bits per heavy atom. The molecule has 0 saturated carbocycles. The van der Waals surface area contributed by atoms with Gasteiger partial charge in [-0.25, -0.2) is 24.4 Å². The second kappa shape index (κ2) is 9.77. The molecule has 2 bridgehead atoms. The number of imidazole rings is 1. The second-order valence-corrected chi connectivity index (χ2v) is 8.47. The van der Waals surface area contributed by atoms with E-state index in [1.807, 2.05) is 24.3 Å². The summed E-state index contributed by atoms with van der Waals surface area (Å²) in [6.07, 6.45) is 2.56. The highest BCUT2D eigenvalue weighted by Crippen LogP contribution is 2.43. The zero-order valence-electron chi connectivity index (χ0n) is 17.7. The number of carbonyl (C=O) groups is 3. The van der Waals surface area contributed by atoms with Gasteiger partial charge in [0.2, 0.25) is 0 Å². The molecule has 14 heteroatoms. The number of carboxylic acids is 1. The lowest BCUT2D eigenvalue weighted by molar-refractivity contribution is -0.192. The average Bonchev–Trinajstić information content (AvgIpc) is 3.45. The van der Waals surface area contributed by atoms with Crippen LogP contribution < -0.4 is 5.32 Å². The van der Waals surface area contributed by atoms with Crippen molar-refractivity contribution < 1.29 is 37.4 Å². The van der Waals surface area contributed by atoms with Gasteiger partial charge in [0, 0.05) is 37.4 Å². The summed E-state index contributed by atoms with van der Waals surface area (Å²) in [5.41, 5.74) is 1.69. The van der Waals surface area contributed by atoms with Crippen molar-refractivity contribution in [1.29, 1.82) is 0 Å². The number of carbonyl (C=O) groups excluding carboxylic acids is 2. The fourth-order valence-electron chi connectivity index (χ4n) is 4.23. The molecule has 10 nitrogen and oxygen atoms in total. The van der Waals surface area contributed by atoms with Crippen LogP contribution in [0.2, 0.25) is 0 Å². The number of aliphatic carboxylic acids is 1. The Morgan fingerprint density at radius 1 is 1.21 bits per heavy atom. The summed E-state index contributed by atoms with van der Waals surface area (Å²) in [4.78, 5) is 43.9. The summed E-state index contributed by atoms with van der Waals surface area (Å²) in [6, 6.07) is 0.236. The number of amides is 2. The van der Waals surface area contributed by atoms with Crippen LogP contribution in [0.15, 0.2) is 17.9 Å². The van der Waals surface area contributed by atoms with Gasteiger partial charge < -0.3 is 19.3 Å². The maximum Gasteiger partial charge on any atom is 0.490 e. The molecule has 0 radical (unpaired) electrons. The fraction of sp³-hybridized carbons (Fsp3) is 0.526. The first-order valence-electron chi connectivity index (χ1n) is 9.91. The van der Waals surface area contributed by atoms with Gasteiger partial charge in [-0.2, -0.15) is 13.2 Å². The number of fused-ring (bicyclic) bond motifs is 2. The number of hydrogen-bond acceptors (Lipinski definition) is 7. The number of esters is 1. The molecule has 2 amide bonds. The van der Waals surface area contributed by atoms with Gasteiger partial charge in [-0.05, 0) is 25.7 Å². The largest absolute Gasteiger partial charge is 0.490 e. The minimum atomic E-state index is -5.08. The van der Waals surface area contributed by atoms with Crippen LogP contribution in [0.3, 0.4) is 0 Å². The minimum Gasteiger partial charge on any atom is -0.475 e. The third-order valence-electron chi connectivity index (χ3n) is 5.60. The molecule has 2 fully saturated rings. The van der Waals surface area contributed by atoms with E-state index in [1.165, 1.54) is 24.0 Å². The Labute approximate surface area is 190 Å². The van der Waals surface area contributed by atoms with Crippen molar-refractivity contribution in [3.63, 3.8) is 0 Å². The van der Waals surface area contributed by atoms with Crippen molar-refractivity contribution in [2.75, 3.05) is 12.4 Å². The van der Waals surface area contributed by atoms with Crippen LogP contribution in [0, 0.1) is 0 Å². The van der Waals surface area contributed by atoms with Crippen LogP contribution in [0.4, 0.5) is 23.0 Å². The lowest BCUT2D eigenvalue weighted by Crippen LogP contribution is -2.48. The van der Waals surface area contributed by atoms with E-state index in [0.717, 1.165) is 31.5 Å². The van der Waals surface area contributed by atoms with E-state index in [9.17, 15) is 22.8 Å². The number of piperidine rings is 1. The molecule has 2 aliphatic heterocycles. The zero-order valence-corrected chi connectivity index (χ0v) is 18.5. The van der Waals surface area contributed by atoms with Crippen LogP contribution in [0.1, 0.15) is 47.9 Å². The molecule has 2 aromatic rings. The minimum absolute atomic E-state index is 0.154. The highest BCUT2D eigenvalue weighted by molar-refractivity contribution is 7.14. The quantitative estimate of drug-likeness (QED) is 0.634. The third kappa shape index (κ3) is 5.43. The number of halogens is 3. The van der Waals surface area contributed by atoms with Gasteiger partial charge in [-0.3, -0.25) is 5.32 Å². The van der Waals surface area contributed by atoms with Gasteiger partial charge in [-0.1, -0.05) is 0 Å². The molecule has 0 aromatic carbocycles. The number of anilines is 1. The van der Waals surface area contributed by atoms with Crippen LogP contribution in [-0.4, -0.2) is 67.9 Å². The van der Waals surface area contributed by atoms with Crippen LogP contribution in [0.5, 0.6) is 0 Å². The Balaban J connectivity index is 0.000000383. The zero-order chi connectivity index (χ0) is 24.3. The van der Waals surface area contributed by atoms with Crippen molar-refractivity contribution in [2.24, 2.45) is 7.05 Å². The molecule has 0 spiro atoms. The second-order valence-electron chi connectivity index (χ2n) is 7.61. The standard InChI is InChI=1S/C17H21N5O3S.C2HF3O2/c1-21-6-5-18-14(21)10-7-11-3-4-12(8-10)22(11)17(24)20-15-13(16(23)25-2)19-9-26-15;3-2(4,5)1(6)7/h5-6,9-12H,3-4,7-8H2,1-2H3,(H,20,24);(H,6,7)/t10?,11-,12+;. The molecule has 2 saturated heterocycles. The normalized spacial score (nSPS) is 21.7. The number of nitrogens with zero attached hydrogens (tertiary/aromatic N) is 4. The number of hydrogen-bond donors (Lipinski definition) is 2. The van der Waals surface area contributed by atoms with E-state index in [0.29, 0.717) is 10.9 Å². The van der Waals surface area contributed by atoms with E-state index < -0.39 is 18.1 Å². The topological polar surface area (TPSA) is 127 Å². The molecule has 2 aromatic heterocycles. The van der Waals surface area contributed by atoms with Gasteiger partial charge in [0.1, 0.15) is 10.8 Å². The van der Waals surface area contributed by atoms with Crippen LogP contribution >= 0.6 is 11.3 Å². The molecule has 4 heterocycles. The number of carboxylic acid groups (broad SMARTS) is 1. The molecule has 2 aliphatic rings. The fourth-order valence-corrected chi connectivity index (χ4v) is 4.89. The number of thiazole rings is 1. The highest BCUT2D eigenvalue weighted by Gasteiger charge is 2.44. The Morgan fingerprint density at radius 3 is 2.30 bits per heavy atom. The summed E-state index contributed by atoms with van der Waals surface area (Å²) in [6.45, 7) is 0. The smallest absolute Gasteiger partial charge is 0.475 e. The van der Waals surface area contributed by atoms with Crippen molar-refractivity contribution >= 4 is 34.3 Å². The van der Waals surface area contributed by atoms with Gasteiger partial charge in [-0.15, -0.1) is 11.3 Å². The van der Waals surface area contributed by atoms with Gasteiger partial charge in [0.15, 0.2) is 5.69 Å². The third-order valence-corrected chi connectivity index (χ3v) is 6.34. The summed E-state index contributed by atoms with van der Waals surface area (Å²) in [7, 11) is 3.32. The van der Waals surface area contributed by atoms with Gasteiger partial charge >= 0.3 is 24.1 Å². The summed E-state index contributed by atoms with van der Waals surface area (Å²) in [5, 5.41) is 10.4. The van der Waals surface area contributed by atoms with E-state index in [4.69, 9.17) is 14.6 Å². The lowest BCUT2D eigenvalue weighted by Gasteiger charge is -2.38. The maximum atomic E-state index is 12.9. The van der Waals surface area contributed by atoms with E-state index in [1.54, 1.807) is 0 Å². The number of alkyl halides is 3. The SMILES string of the molecule is COC(=O)c1ncsc1NC(=O)N1[C@@H]2CC[C@H]1CC(c1nccn1C)C2.O=C(O)C(F)(F)F. The van der Waals surface area contributed by atoms with E-state index in [2.05, 4.69) is 19.9 Å². The molecule has 2 N–H and O–H groups in total. The Bertz CT molecular complexity index is 1010. The summed E-state index contributed by atoms with van der Waals surface area (Å²) >= 11 is 1.23. The van der Waals surface area contributed by atoms with Crippen LogP contribution in [0.25, 0.3) is 0 Å². The predicted octanol–water partition coefficient (Wildman–Crippen LogP) is 3.24. The number of nitrogens with one attached hydrogen (secondary N) is 1. The average molecular weight is 489 g/mol. The number of urea groups is 1. The first-order chi connectivity index (χ1) is 15.5. The molecule has 3 atom stereocenters. The molecule has 1 unspecified atom stereocenters. The number of ether oxygens (including phenoxy) is 1. The molecule has 4 rings (SSSR count). The summed E-state index contributed by atoms with van der Waals surface area (Å²) < 4.78 is 38.5. The van der Waals surface area contributed by atoms with Crippen molar-refractivity contribution in [3.8, 4) is 0 Å². The van der Waals surface area contributed by atoms with Crippen molar-refractivity contribution in [2.45, 2.75) is 49.9 Å². The molecule has 33 heavy (non-hydrogen) atoms.